The second-order valence-corrected chi connectivity index (χ2v) is 6.87. The van der Waals surface area contributed by atoms with E-state index in [9.17, 15) is 4.79 Å². The molecule has 2 heterocycles. The quantitative estimate of drug-likeness (QED) is 0.840. The van der Waals surface area contributed by atoms with E-state index < -0.39 is 5.60 Å². The van der Waals surface area contributed by atoms with Crippen molar-refractivity contribution in [3.8, 4) is 0 Å². The minimum Gasteiger partial charge on any atom is -0.444 e. The third kappa shape index (κ3) is 4.32. The van der Waals surface area contributed by atoms with Gasteiger partial charge >= 0.3 is 6.09 Å². The molecule has 1 amide bonds. The van der Waals surface area contributed by atoms with Crippen LogP contribution >= 0.6 is 0 Å². The Balaban J connectivity index is 1.89. The van der Waals surface area contributed by atoms with E-state index in [1.165, 1.54) is 0 Å². The van der Waals surface area contributed by atoms with Gasteiger partial charge in [-0.05, 0) is 46.1 Å². The van der Waals surface area contributed by atoms with Crippen LogP contribution in [0.25, 0.3) is 0 Å². The lowest BCUT2D eigenvalue weighted by Gasteiger charge is -2.37. The van der Waals surface area contributed by atoms with E-state index in [1.54, 1.807) is 4.90 Å². The van der Waals surface area contributed by atoms with Gasteiger partial charge in [0.15, 0.2) is 0 Å². The van der Waals surface area contributed by atoms with Crippen LogP contribution in [0.3, 0.4) is 0 Å². The maximum absolute atomic E-state index is 12.1. The summed E-state index contributed by atoms with van der Waals surface area (Å²) < 4.78 is 5.42. The molecule has 0 spiro atoms. The van der Waals surface area contributed by atoms with Crippen molar-refractivity contribution < 1.29 is 9.53 Å². The monoisotopic (exact) mass is 306 g/mol. The summed E-state index contributed by atoms with van der Waals surface area (Å²) in [5.74, 6) is 0.737. The van der Waals surface area contributed by atoms with E-state index in [-0.39, 0.29) is 6.09 Å². The fourth-order valence-electron chi connectivity index (χ4n) is 2.49. The minimum atomic E-state index is -0.444. The Kier molecular flexibility index (Phi) is 4.88. The molecule has 1 fully saturated rings. The van der Waals surface area contributed by atoms with Crippen LogP contribution in [0.1, 0.15) is 39.2 Å². The lowest BCUT2D eigenvalue weighted by molar-refractivity contribution is 0.0205. The Hall–Kier alpha value is -1.85. The SMILES string of the molecule is Cc1cnc(N(C)C2CCN(C(=O)OC(C)(C)C)CC2)nc1. The Morgan fingerprint density at radius 1 is 1.27 bits per heavy atom. The average molecular weight is 306 g/mol. The van der Waals surface area contributed by atoms with E-state index in [1.807, 2.05) is 47.1 Å². The highest BCUT2D eigenvalue weighted by Gasteiger charge is 2.29. The predicted molar refractivity (Wildman–Crippen MR) is 86.0 cm³/mol. The fourth-order valence-corrected chi connectivity index (χ4v) is 2.49. The predicted octanol–water partition coefficient (Wildman–Crippen LogP) is 2.62. The Labute approximate surface area is 132 Å². The van der Waals surface area contributed by atoms with Crippen molar-refractivity contribution in [3.05, 3.63) is 18.0 Å². The van der Waals surface area contributed by atoms with Crippen molar-refractivity contribution in [2.45, 2.75) is 52.2 Å². The summed E-state index contributed by atoms with van der Waals surface area (Å²) in [6.07, 6.45) is 5.23. The topological polar surface area (TPSA) is 58.6 Å². The Morgan fingerprint density at radius 3 is 2.32 bits per heavy atom. The minimum absolute atomic E-state index is 0.222. The molecule has 1 aromatic heterocycles. The van der Waals surface area contributed by atoms with Crippen LogP contribution in [0.5, 0.6) is 0 Å². The number of anilines is 1. The molecule has 6 heteroatoms. The lowest BCUT2D eigenvalue weighted by atomic mass is 10.0. The zero-order chi connectivity index (χ0) is 16.3. The molecule has 122 valence electrons. The van der Waals surface area contributed by atoms with Crippen LogP contribution in [-0.2, 0) is 4.74 Å². The van der Waals surface area contributed by atoms with Crippen molar-refractivity contribution in [1.82, 2.24) is 14.9 Å². The van der Waals surface area contributed by atoms with E-state index in [0.29, 0.717) is 19.1 Å². The molecule has 0 atom stereocenters. The second kappa shape index (κ2) is 6.50. The van der Waals surface area contributed by atoms with Gasteiger partial charge in [-0.25, -0.2) is 14.8 Å². The molecule has 1 saturated heterocycles. The molecule has 0 aromatic carbocycles. The number of ether oxygens (including phenoxy) is 1. The molecule has 0 bridgehead atoms. The van der Waals surface area contributed by atoms with Crippen molar-refractivity contribution in [2.75, 3.05) is 25.0 Å². The molecule has 0 radical (unpaired) electrons. The van der Waals surface area contributed by atoms with Gasteiger partial charge in [0, 0.05) is 38.6 Å². The fraction of sp³-hybridized carbons (Fsp3) is 0.688. The number of carbonyl (C=O) groups is 1. The molecule has 0 saturated carbocycles. The zero-order valence-electron chi connectivity index (χ0n) is 14.2. The van der Waals surface area contributed by atoms with Gasteiger partial charge < -0.3 is 14.5 Å². The van der Waals surface area contributed by atoms with Gasteiger partial charge in [0.25, 0.3) is 0 Å². The molecule has 6 nitrogen and oxygen atoms in total. The Bertz CT molecular complexity index is 502. The van der Waals surface area contributed by atoms with E-state index >= 15 is 0 Å². The van der Waals surface area contributed by atoms with Gasteiger partial charge in [0.1, 0.15) is 5.60 Å². The molecular weight excluding hydrogens is 280 g/mol. The number of hydrogen-bond donors (Lipinski definition) is 0. The molecule has 1 aromatic rings. The highest BCUT2D eigenvalue weighted by Crippen LogP contribution is 2.20. The van der Waals surface area contributed by atoms with Gasteiger partial charge in [-0.2, -0.15) is 0 Å². The van der Waals surface area contributed by atoms with Crippen molar-refractivity contribution in [3.63, 3.8) is 0 Å². The normalized spacial score (nSPS) is 16.5. The summed E-state index contributed by atoms with van der Waals surface area (Å²) in [6, 6.07) is 0.349. The van der Waals surface area contributed by atoms with Gasteiger partial charge in [-0.3, -0.25) is 0 Å². The molecular formula is C16H26N4O2. The largest absolute Gasteiger partial charge is 0.444 e. The van der Waals surface area contributed by atoms with Crippen molar-refractivity contribution in [2.24, 2.45) is 0 Å². The number of hydrogen-bond acceptors (Lipinski definition) is 5. The van der Waals surface area contributed by atoms with Crippen LogP contribution < -0.4 is 4.90 Å². The molecule has 0 aliphatic carbocycles. The summed E-state index contributed by atoms with van der Waals surface area (Å²) >= 11 is 0. The van der Waals surface area contributed by atoms with Crippen molar-refractivity contribution >= 4 is 12.0 Å². The first-order valence-electron chi connectivity index (χ1n) is 7.75. The highest BCUT2D eigenvalue weighted by molar-refractivity contribution is 5.68. The summed E-state index contributed by atoms with van der Waals surface area (Å²) in [4.78, 5) is 24.7. The van der Waals surface area contributed by atoms with E-state index in [4.69, 9.17) is 4.74 Å². The first kappa shape index (κ1) is 16.5. The number of aromatic nitrogens is 2. The lowest BCUT2D eigenvalue weighted by Crippen LogP contribution is -2.47. The molecule has 1 aliphatic heterocycles. The average Bonchev–Trinajstić information content (AvgIpc) is 2.46. The second-order valence-electron chi connectivity index (χ2n) is 6.87. The summed E-state index contributed by atoms with van der Waals surface area (Å²) in [7, 11) is 2.01. The van der Waals surface area contributed by atoms with Crippen LogP contribution in [0.4, 0.5) is 10.7 Å². The third-order valence-electron chi connectivity index (χ3n) is 3.75. The number of aryl methyl sites for hydroxylation is 1. The van der Waals surface area contributed by atoms with Crippen LogP contribution in [0.2, 0.25) is 0 Å². The van der Waals surface area contributed by atoms with Gasteiger partial charge in [-0.15, -0.1) is 0 Å². The first-order valence-corrected chi connectivity index (χ1v) is 7.75. The van der Waals surface area contributed by atoms with Gasteiger partial charge in [-0.1, -0.05) is 0 Å². The standard InChI is InChI=1S/C16H26N4O2/c1-12-10-17-14(18-11-12)19(5)13-6-8-20(9-7-13)15(21)22-16(2,3)4/h10-11,13H,6-9H2,1-5H3. The molecule has 2 rings (SSSR count). The summed E-state index contributed by atoms with van der Waals surface area (Å²) in [5.41, 5.74) is 0.609. The molecule has 0 N–H and O–H groups in total. The van der Waals surface area contributed by atoms with Gasteiger partial charge in [0.05, 0.1) is 0 Å². The smallest absolute Gasteiger partial charge is 0.410 e. The molecule has 22 heavy (non-hydrogen) atoms. The van der Waals surface area contributed by atoms with E-state index in [2.05, 4.69) is 14.9 Å². The van der Waals surface area contributed by atoms with Crippen LogP contribution in [0.15, 0.2) is 12.4 Å². The number of nitrogens with zero attached hydrogens (tertiary/aromatic N) is 4. The molecule has 0 unspecified atom stereocenters. The maximum atomic E-state index is 12.1. The van der Waals surface area contributed by atoms with Crippen LogP contribution in [0, 0.1) is 6.92 Å². The van der Waals surface area contributed by atoms with Crippen molar-refractivity contribution in [1.29, 1.82) is 0 Å². The summed E-state index contributed by atoms with van der Waals surface area (Å²) in [6.45, 7) is 9.05. The van der Waals surface area contributed by atoms with E-state index in [0.717, 1.165) is 24.4 Å². The summed E-state index contributed by atoms with van der Waals surface area (Å²) in [5, 5.41) is 0. The van der Waals surface area contributed by atoms with Gasteiger partial charge in [0.2, 0.25) is 5.95 Å². The number of rotatable bonds is 2. The zero-order valence-corrected chi connectivity index (χ0v) is 14.2. The number of carbonyl (C=O) groups excluding carboxylic acids is 1. The maximum Gasteiger partial charge on any atom is 0.410 e. The van der Waals surface area contributed by atoms with Crippen LogP contribution in [-0.4, -0.2) is 52.7 Å². The Morgan fingerprint density at radius 2 is 1.82 bits per heavy atom. The number of piperidine rings is 1. The third-order valence-corrected chi connectivity index (χ3v) is 3.75. The first-order chi connectivity index (χ1) is 10.3. The number of likely N-dealkylation sites (tertiary alicyclic amines) is 1. The molecule has 1 aliphatic rings. The highest BCUT2D eigenvalue weighted by atomic mass is 16.6. The number of amides is 1.